The molecule has 0 aliphatic rings. The Labute approximate surface area is 135 Å². The van der Waals surface area contributed by atoms with Crippen molar-refractivity contribution < 1.29 is 8.42 Å². The average molecular weight is 383 g/mol. The fourth-order valence-electron chi connectivity index (χ4n) is 2.06. The predicted octanol–water partition coefficient (Wildman–Crippen LogP) is 4.59. The second kappa shape index (κ2) is 5.40. The molecule has 0 atom stereocenters. The van der Waals surface area contributed by atoms with Gasteiger partial charge in [-0.25, -0.2) is 8.42 Å². The van der Waals surface area contributed by atoms with Crippen LogP contribution in [0.3, 0.4) is 0 Å². The average Bonchev–Trinajstić information content (AvgIpc) is 2.46. The number of pyridine rings is 1. The van der Waals surface area contributed by atoms with Gasteiger partial charge in [0.25, 0.3) is 9.05 Å². The Balaban J connectivity index is 2.16. The third-order valence-electron chi connectivity index (χ3n) is 3.11. The van der Waals surface area contributed by atoms with Crippen LogP contribution < -0.4 is 0 Å². The van der Waals surface area contributed by atoms with E-state index in [2.05, 4.69) is 20.9 Å². The van der Waals surface area contributed by atoms with Gasteiger partial charge in [0.15, 0.2) is 0 Å². The van der Waals surface area contributed by atoms with E-state index in [-0.39, 0.29) is 4.90 Å². The van der Waals surface area contributed by atoms with Gasteiger partial charge in [0, 0.05) is 32.3 Å². The Kier molecular flexibility index (Phi) is 3.73. The normalized spacial score (nSPS) is 11.7. The molecule has 0 spiro atoms. The van der Waals surface area contributed by atoms with Crippen LogP contribution >= 0.6 is 26.6 Å². The van der Waals surface area contributed by atoms with Gasteiger partial charge in [-0.15, -0.1) is 0 Å². The molecule has 0 saturated carbocycles. The first-order chi connectivity index (χ1) is 9.93. The van der Waals surface area contributed by atoms with Crippen molar-refractivity contribution in [2.24, 2.45) is 0 Å². The Morgan fingerprint density at radius 3 is 2.33 bits per heavy atom. The summed E-state index contributed by atoms with van der Waals surface area (Å²) in [6, 6.07) is 14.4. The number of aromatic nitrogens is 1. The Bertz CT molecular complexity index is 924. The number of hydrogen-bond donors (Lipinski definition) is 0. The summed E-state index contributed by atoms with van der Waals surface area (Å²) in [5.41, 5.74) is 2.64. The molecule has 0 fully saturated rings. The largest absolute Gasteiger partial charge is 0.261 e. The maximum absolute atomic E-state index is 11.4. The van der Waals surface area contributed by atoms with Crippen molar-refractivity contribution in [1.29, 1.82) is 0 Å². The third-order valence-corrected chi connectivity index (χ3v) is 4.99. The van der Waals surface area contributed by atoms with E-state index in [0.717, 1.165) is 26.5 Å². The monoisotopic (exact) mass is 381 g/mol. The predicted molar refractivity (Wildman–Crippen MR) is 87.9 cm³/mol. The van der Waals surface area contributed by atoms with Gasteiger partial charge in [0.1, 0.15) is 0 Å². The lowest BCUT2D eigenvalue weighted by atomic mass is 10.1. The van der Waals surface area contributed by atoms with Crippen LogP contribution in [0.15, 0.2) is 64.1 Å². The number of halogens is 2. The molecule has 0 bridgehead atoms. The van der Waals surface area contributed by atoms with Gasteiger partial charge in [-0.1, -0.05) is 28.1 Å². The van der Waals surface area contributed by atoms with E-state index in [1.54, 1.807) is 12.3 Å². The number of benzene rings is 2. The molecule has 6 heteroatoms. The van der Waals surface area contributed by atoms with E-state index >= 15 is 0 Å². The highest BCUT2D eigenvalue weighted by atomic mass is 79.9. The maximum Gasteiger partial charge on any atom is 0.261 e. The molecule has 0 amide bonds. The van der Waals surface area contributed by atoms with Crippen molar-refractivity contribution in [2.45, 2.75) is 4.90 Å². The van der Waals surface area contributed by atoms with Gasteiger partial charge in [-0.2, -0.15) is 0 Å². The van der Waals surface area contributed by atoms with Crippen molar-refractivity contribution in [3.05, 3.63) is 59.2 Å². The van der Waals surface area contributed by atoms with Crippen LogP contribution in [0.4, 0.5) is 0 Å². The number of hydrogen-bond acceptors (Lipinski definition) is 3. The number of rotatable bonds is 2. The third kappa shape index (κ3) is 3.10. The van der Waals surface area contributed by atoms with E-state index < -0.39 is 9.05 Å². The Hall–Kier alpha value is -1.43. The highest BCUT2D eigenvalue weighted by Gasteiger charge is 2.11. The topological polar surface area (TPSA) is 47.0 Å². The summed E-state index contributed by atoms with van der Waals surface area (Å²) in [4.78, 5) is 4.43. The second-order valence-corrected chi connectivity index (χ2v) is 8.00. The molecule has 21 heavy (non-hydrogen) atoms. The van der Waals surface area contributed by atoms with Gasteiger partial charge < -0.3 is 0 Å². The highest BCUT2D eigenvalue weighted by molar-refractivity contribution is 9.10. The molecule has 1 aromatic heterocycles. The fourth-order valence-corrected chi connectivity index (χ4v) is 3.11. The maximum atomic E-state index is 11.4. The summed E-state index contributed by atoms with van der Waals surface area (Å²) < 4.78 is 23.8. The van der Waals surface area contributed by atoms with Gasteiger partial charge in [0.05, 0.1) is 10.4 Å². The summed E-state index contributed by atoms with van der Waals surface area (Å²) in [7, 11) is 1.64. The highest BCUT2D eigenvalue weighted by Crippen LogP contribution is 2.26. The fraction of sp³-hybridized carbons (Fsp3) is 0. The first kappa shape index (κ1) is 14.5. The van der Waals surface area contributed by atoms with Crippen LogP contribution in [0.1, 0.15) is 0 Å². The van der Waals surface area contributed by atoms with Crippen LogP contribution in [0, 0.1) is 0 Å². The van der Waals surface area contributed by atoms with Gasteiger partial charge in [-0.3, -0.25) is 4.98 Å². The summed E-state index contributed by atoms with van der Waals surface area (Å²) in [6.07, 6.45) is 1.76. The van der Waals surface area contributed by atoms with Gasteiger partial charge >= 0.3 is 0 Å². The van der Waals surface area contributed by atoms with E-state index in [1.165, 1.54) is 12.1 Å². The Morgan fingerprint density at radius 2 is 1.67 bits per heavy atom. The zero-order valence-corrected chi connectivity index (χ0v) is 13.8. The standard InChI is InChI=1S/C15H9BrClNO2S/c16-13-3-1-10(2-4-13)12-7-11-8-14(21(17,19)20)5-6-15(11)18-9-12/h1-9H. The van der Waals surface area contributed by atoms with Crippen LogP contribution in [0.5, 0.6) is 0 Å². The molecule has 0 aliphatic carbocycles. The first-order valence-electron chi connectivity index (χ1n) is 6.04. The summed E-state index contributed by atoms with van der Waals surface area (Å²) in [5.74, 6) is 0. The summed E-state index contributed by atoms with van der Waals surface area (Å²) in [6.45, 7) is 0. The molecule has 0 aliphatic heterocycles. The van der Waals surface area contributed by atoms with Gasteiger partial charge in [0.2, 0.25) is 0 Å². The second-order valence-electron chi connectivity index (χ2n) is 4.52. The quantitative estimate of drug-likeness (QED) is 0.609. The van der Waals surface area contributed by atoms with E-state index in [9.17, 15) is 8.42 Å². The smallest absolute Gasteiger partial charge is 0.256 e. The molecule has 3 aromatic rings. The zero-order valence-electron chi connectivity index (χ0n) is 10.6. The van der Waals surface area contributed by atoms with Crippen molar-refractivity contribution >= 4 is 46.6 Å². The minimum absolute atomic E-state index is 0.0754. The summed E-state index contributed by atoms with van der Waals surface area (Å²) in [5, 5.41) is 0.733. The molecule has 0 saturated heterocycles. The SMILES string of the molecule is O=S(=O)(Cl)c1ccc2ncc(-c3ccc(Br)cc3)cc2c1. The zero-order chi connectivity index (χ0) is 15.0. The van der Waals surface area contributed by atoms with Crippen LogP contribution in [-0.2, 0) is 9.05 Å². The lowest BCUT2D eigenvalue weighted by Gasteiger charge is -2.05. The van der Waals surface area contributed by atoms with E-state index in [4.69, 9.17) is 10.7 Å². The molecule has 2 aromatic carbocycles. The molecular weight excluding hydrogens is 374 g/mol. The lowest BCUT2D eigenvalue weighted by molar-refractivity contribution is 0.609. The van der Waals surface area contributed by atoms with Crippen LogP contribution in [-0.4, -0.2) is 13.4 Å². The minimum Gasteiger partial charge on any atom is -0.256 e. The van der Waals surface area contributed by atoms with Crippen molar-refractivity contribution in [2.75, 3.05) is 0 Å². The lowest BCUT2D eigenvalue weighted by Crippen LogP contribution is -1.91. The van der Waals surface area contributed by atoms with Crippen molar-refractivity contribution in [1.82, 2.24) is 4.98 Å². The molecule has 3 rings (SSSR count). The van der Waals surface area contributed by atoms with Crippen molar-refractivity contribution in [3.8, 4) is 11.1 Å². The first-order valence-corrected chi connectivity index (χ1v) is 9.14. The molecule has 106 valence electrons. The van der Waals surface area contributed by atoms with Crippen molar-refractivity contribution in [3.63, 3.8) is 0 Å². The molecule has 0 N–H and O–H groups in total. The number of nitrogens with zero attached hydrogens (tertiary/aromatic N) is 1. The van der Waals surface area contributed by atoms with E-state index in [1.807, 2.05) is 30.3 Å². The van der Waals surface area contributed by atoms with Gasteiger partial charge in [-0.05, 0) is 42.0 Å². The molecule has 0 unspecified atom stereocenters. The minimum atomic E-state index is -3.74. The van der Waals surface area contributed by atoms with Crippen LogP contribution in [0.2, 0.25) is 0 Å². The molecule has 3 nitrogen and oxygen atoms in total. The molecular formula is C15H9BrClNO2S. The van der Waals surface area contributed by atoms with Crippen LogP contribution in [0.25, 0.3) is 22.0 Å². The number of fused-ring (bicyclic) bond motifs is 1. The van der Waals surface area contributed by atoms with E-state index in [0.29, 0.717) is 0 Å². The summed E-state index contributed by atoms with van der Waals surface area (Å²) >= 11 is 3.39. The molecule has 0 radical (unpaired) electrons. The molecule has 1 heterocycles. The Morgan fingerprint density at radius 1 is 0.952 bits per heavy atom.